The van der Waals surface area contributed by atoms with Gasteiger partial charge in [0.05, 0.1) is 11.4 Å². The molecule has 0 radical (unpaired) electrons. The molecule has 15 heteroatoms. The lowest BCUT2D eigenvalue weighted by Gasteiger charge is -2.52. The Morgan fingerprint density at radius 1 is 1.31 bits per heavy atom. The molecule has 190 valence electrons. The number of carboxylic acids is 1. The van der Waals surface area contributed by atoms with Crippen molar-refractivity contribution in [2.75, 3.05) is 31.7 Å². The second-order valence-corrected chi connectivity index (χ2v) is 9.77. The van der Waals surface area contributed by atoms with E-state index in [1.807, 2.05) is 0 Å². The molecule has 3 heterocycles. The summed E-state index contributed by atoms with van der Waals surface area (Å²) in [4.78, 5) is 47.8. The number of thioether (sulfide) groups is 1. The van der Waals surface area contributed by atoms with Gasteiger partial charge in [-0.15, -0.1) is 23.1 Å². The number of nitrogens with two attached hydrogens (primary N) is 1. The Bertz CT molecular complexity index is 1280. The number of carbonyl (C=O) groups is 3. The van der Waals surface area contributed by atoms with Gasteiger partial charge in [0.25, 0.3) is 11.8 Å². The van der Waals surface area contributed by atoms with E-state index >= 15 is 0 Å². The normalized spacial score (nSPS) is 19.2. The molecule has 2 aliphatic rings. The average Bonchev–Trinajstić information content (AvgIpc) is 3.26. The van der Waals surface area contributed by atoms with E-state index in [0.29, 0.717) is 11.3 Å². The van der Waals surface area contributed by atoms with Crippen molar-refractivity contribution in [3.05, 3.63) is 46.1 Å². The highest BCUT2D eigenvalue weighted by Crippen LogP contribution is 2.39. The molecule has 1 aromatic carbocycles. The molecule has 36 heavy (non-hydrogen) atoms. The van der Waals surface area contributed by atoms with Crippen LogP contribution in [-0.2, 0) is 14.4 Å². The number of fused-ring (bicyclic) bond motifs is 1. The van der Waals surface area contributed by atoms with E-state index in [4.69, 9.17) is 10.6 Å². The van der Waals surface area contributed by atoms with Crippen molar-refractivity contribution in [2.24, 2.45) is 5.16 Å². The largest absolute Gasteiger partial charge is 0.504 e. The fourth-order valence-electron chi connectivity index (χ4n) is 3.78. The minimum Gasteiger partial charge on any atom is -0.504 e. The zero-order chi connectivity index (χ0) is 26.0. The quantitative estimate of drug-likeness (QED) is 0.153. The molecule has 0 bridgehead atoms. The number of aromatic hydroxyl groups is 2. The van der Waals surface area contributed by atoms with Crippen molar-refractivity contribution in [3.63, 3.8) is 0 Å². The summed E-state index contributed by atoms with van der Waals surface area (Å²) in [5, 5.41) is 39.6. The molecule has 1 saturated heterocycles. The van der Waals surface area contributed by atoms with Crippen LogP contribution in [0, 0.1) is 0 Å². The monoisotopic (exact) mass is 534 g/mol. The third kappa shape index (κ3) is 5.01. The number of oxime groups is 1. The maximum Gasteiger partial charge on any atom is 0.352 e. The van der Waals surface area contributed by atoms with Gasteiger partial charge >= 0.3 is 5.97 Å². The lowest BCUT2D eigenvalue weighted by molar-refractivity contribution is -0.135. The van der Waals surface area contributed by atoms with Crippen LogP contribution < -0.4 is 16.4 Å². The second-order valence-electron chi connectivity index (χ2n) is 7.77. The first-order chi connectivity index (χ1) is 17.2. The first-order valence-corrected chi connectivity index (χ1v) is 12.4. The number of carbonyl (C=O) groups excluding carboxylic acids is 2. The molecule has 2 amide bonds. The summed E-state index contributed by atoms with van der Waals surface area (Å²) >= 11 is 2.59. The van der Waals surface area contributed by atoms with Gasteiger partial charge in [0, 0.05) is 29.8 Å². The molecule has 7 N–H and O–H groups in total. The fourth-order valence-corrected chi connectivity index (χ4v) is 5.69. The Balaban J connectivity index is 1.42. The molecule has 2 atom stereocenters. The molecular weight excluding hydrogens is 512 g/mol. The summed E-state index contributed by atoms with van der Waals surface area (Å²) in [6.45, 7) is 0.221. The van der Waals surface area contributed by atoms with Crippen molar-refractivity contribution in [1.82, 2.24) is 20.5 Å². The Morgan fingerprint density at radius 2 is 2.08 bits per heavy atom. The lowest BCUT2D eigenvalue weighted by Crippen LogP contribution is -2.67. The summed E-state index contributed by atoms with van der Waals surface area (Å²) in [6.07, 6.45) is 0. The van der Waals surface area contributed by atoms with E-state index in [2.05, 4.69) is 20.8 Å². The number of aliphatic carboxylic acids is 1. The molecule has 0 spiro atoms. The lowest BCUT2D eigenvalue weighted by atomic mass is 10.0. The fraction of sp³-hybridized carbons (Fsp3) is 0.286. The summed E-state index contributed by atoms with van der Waals surface area (Å²) < 4.78 is 0. The van der Waals surface area contributed by atoms with Crippen LogP contribution in [0.1, 0.15) is 16.1 Å². The molecule has 0 aliphatic carbocycles. The maximum absolute atomic E-state index is 12.8. The molecule has 4 rings (SSSR count). The number of benzene rings is 1. The Hall–Kier alpha value is -3.98. The Labute approximate surface area is 212 Å². The summed E-state index contributed by atoms with van der Waals surface area (Å²) in [5.74, 6) is -2.67. The van der Waals surface area contributed by atoms with E-state index in [-0.39, 0.29) is 58.1 Å². The number of phenols is 2. The van der Waals surface area contributed by atoms with Gasteiger partial charge in [0.15, 0.2) is 22.3 Å². The highest BCUT2D eigenvalue weighted by Gasteiger charge is 2.47. The number of nitrogen functional groups attached to an aromatic ring is 1. The van der Waals surface area contributed by atoms with Gasteiger partial charge in [-0.05, 0) is 23.8 Å². The number of anilines is 1. The van der Waals surface area contributed by atoms with Crippen LogP contribution in [0.3, 0.4) is 0 Å². The first-order valence-electron chi connectivity index (χ1n) is 10.5. The van der Waals surface area contributed by atoms with Crippen LogP contribution in [0.5, 0.6) is 11.5 Å². The van der Waals surface area contributed by atoms with E-state index in [0.717, 1.165) is 17.4 Å². The van der Waals surface area contributed by atoms with Gasteiger partial charge in [0.2, 0.25) is 0 Å². The van der Waals surface area contributed by atoms with Crippen molar-refractivity contribution in [2.45, 2.75) is 11.4 Å². The molecule has 0 saturated carbocycles. The number of hydrogen-bond donors (Lipinski definition) is 6. The smallest absolute Gasteiger partial charge is 0.352 e. The maximum atomic E-state index is 12.8. The third-order valence-electron chi connectivity index (χ3n) is 5.48. The molecule has 2 aliphatic heterocycles. The minimum atomic E-state index is -1.14. The van der Waals surface area contributed by atoms with Crippen molar-refractivity contribution in [1.29, 1.82) is 0 Å². The highest BCUT2D eigenvalue weighted by molar-refractivity contribution is 8.00. The predicted molar refractivity (Wildman–Crippen MR) is 132 cm³/mol. The number of phenolic OH excluding ortho intramolecular Hbond substituents is 2. The van der Waals surface area contributed by atoms with E-state index < -0.39 is 23.5 Å². The first kappa shape index (κ1) is 25.1. The summed E-state index contributed by atoms with van der Waals surface area (Å²) in [5.41, 5.74) is 6.57. The molecule has 13 nitrogen and oxygen atoms in total. The molecule has 1 fully saturated rings. The third-order valence-corrected chi connectivity index (χ3v) is 7.59. The van der Waals surface area contributed by atoms with Crippen molar-refractivity contribution in [3.8, 4) is 11.5 Å². The van der Waals surface area contributed by atoms with Crippen LogP contribution in [0.4, 0.5) is 5.13 Å². The van der Waals surface area contributed by atoms with Gasteiger partial charge < -0.3 is 41.4 Å². The van der Waals surface area contributed by atoms with Gasteiger partial charge in [0.1, 0.15) is 18.5 Å². The second kappa shape index (κ2) is 10.3. The van der Waals surface area contributed by atoms with E-state index in [9.17, 15) is 29.7 Å². The van der Waals surface area contributed by atoms with Crippen LogP contribution in [0.25, 0.3) is 0 Å². The number of thiazole rings is 1. The number of hydrogen-bond acceptors (Lipinski definition) is 12. The number of rotatable bonds is 8. The number of amides is 2. The predicted octanol–water partition coefficient (Wildman–Crippen LogP) is 0.129. The molecule has 2 aromatic rings. The zero-order valence-electron chi connectivity index (χ0n) is 18.8. The standard InChI is InChI=1S/C21H22N6O7S2/c1-34-26-15(12-8-36-21(22)25-12)18(31)24-11-6-27-16(20(32)33)10(7-35-19(11)27)5-23-17(30)9-2-3-13(28)14(29)4-9/h2-4,8,11,19,28-29H,5-7H2,1H3,(H2,22,25)(H,23,30)(H,24,31)(H,32,33). The summed E-state index contributed by atoms with van der Waals surface area (Å²) in [6, 6.07) is 3.29. The van der Waals surface area contributed by atoms with Gasteiger partial charge in [-0.1, -0.05) is 5.16 Å². The van der Waals surface area contributed by atoms with Crippen LogP contribution in [0.15, 0.2) is 40.0 Å². The topological polar surface area (TPSA) is 200 Å². The highest BCUT2D eigenvalue weighted by atomic mass is 32.2. The van der Waals surface area contributed by atoms with Crippen LogP contribution in [0.2, 0.25) is 0 Å². The van der Waals surface area contributed by atoms with Crippen LogP contribution in [-0.4, -0.2) is 86.1 Å². The van der Waals surface area contributed by atoms with Crippen molar-refractivity contribution < 1.29 is 34.5 Å². The van der Waals surface area contributed by atoms with Gasteiger partial charge in [-0.3, -0.25) is 9.59 Å². The number of nitrogens with one attached hydrogen (secondary N) is 2. The Kier molecular flexibility index (Phi) is 7.21. The summed E-state index contributed by atoms with van der Waals surface area (Å²) in [7, 11) is 1.31. The number of aromatic nitrogens is 1. The molecular formula is C21H22N6O7S2. The van der Waals surface area contributed by atoms with E-state index in [1.54, 1.807) is 10.3 Å². The zero-order valence-corrected chi connectivity index (χ0v) is 20.4. The minimum absolute atomic E-state index is 0.0226. The number of carboxylic acid groups (broad SMARTS) is 1. The van der Waals surface area contributed by atoms with Crippen molar-refractivity contribution >= 4 is 51.7 Å². The average molecular weight is 535 g/mol. The number of nitrogens with zero attached hydrogens (tertiary/aromatic N) is 3. The molecule has 1 aromatic heterocycles. The molecule has 2 unspecified atom stereocenters. The van der Waals surface area contributed by atoms with Crippen LogP contribution >= 0.6 is 23.1 Å². The Morgan fingerprint density at radius 3 is 2.72 bits per heavy atom. The SMILES string of the molecule is CON=C(C(=O)NC1CN2C(C(=O)O)=C(CNC(=O)c3ccc(O)c(O)c3)CSC12)c1csc(N)n1. The van der Waals surface area contributed by atoms with Gasteiger partial charge in [-0.2, -0.15) is 0 Å². The van der Waals surface area contributed by atoms with Gasteiger partial charge in [-0.25, -0.2) is 9.78 Å². The van der Waals surface area contributed by atoms with E-state index in [1.165, 1.54) is 31.0 Å².